The Morgan fingerprint density at radius 1 is 1.15 bits per heavy atom. The van der Waals surface area contributed by atoms with Crippen LogP contribution >= 0.6 is 0 Å². The van der Waals surface area contributed by atoms with Crippen LogP contribution in [0.5, 0.6) is 0 Å². The van der Waals surface area contributed by atoms with Gasteiger partial charge in [0.2, 0.25) is 0 Å². The molecule has 5 nitrogen and oxygen atoms in total. The van der Waals surface area contributed by atoms with Crippen LogP contribution in [-0.2, 0) is 9.53 Å². The molecule has 2 aliphatic heterocycles. The highest BCUT2D eigenvalue weighted by Crippen LogP contribution is 2.56. The number of piperazine rings is 1. The Labute approximate surface area is 198 Å². The highest BCUT2D eigenvalue weighted by Gasteiger charge is 2.59. The molecule has 0 bridgehead atoms. The van der Waals surface area contributed by atoms with Crippen molar-refractivity contribution in [1.82, 2.24) is 9.80 Å². The van der Waals surface area contributed by atoms with Crippen LogP contribution in [0, 0.1) is 23.2 Å². The molecule has 1 aromatic carbocycles. The minimum absolute atomic E-state index is 0.0907. The van der Waals surface area contributed by atoms with Gasteiger partial charge in [0, 0.05) is 57.0 Å². The molecule has 0 radical (unpaired) electrons. The van der Waals surface area contributed by atoms with E-state index in [0.717, 1.165) is 52.0 Å². The van der Waals surface area contributed by atoms with Gasteiger partial charge in [-0.05, 0) is 24.3 Å². The van der Waals surface area contributed by atoms with E-state index in [2.05, 4.69) is 66.1 Å². The molecule has 5 heteroatoms. The van der Waals surface area contributed by atoms with Gasteiger partial charge in [-0.15, -0.1) is 0 Å². The lowest BCUT2D eigenvalue weighted by Gasteiger charge is -2.52. The van der Waals surface area contributed by atoms with Crippen molar-refractivity contribution < 1.29 is 14.6 Å². The van der Waals surface area contributed by atoms with Crippen molar-refractivity contribution in [1.29, 1.82) is 0 Å². The van der Waals surface area contributed by atoms with Crippen molar-refractivity contribution >= 4 is 12.0 Å². The highest BCUT2D eigenvalue weighted by atomic mass is 16.6. The summed E-state index contributed by atoms with van der Waals surface area (Å²) in [5.41, 5.74) is 2.31. The maximum absolute atomic E-state index is 12.9. The van der Waals surface area contributed by atoms with Crippen molar-refractivity contribution in [2.45, 2.75) is 45.3 Å². The zero-order valence-corrected chi connectivity index (χ0v) is 20.0. The van der Waals surface area contributed by atoms with Gasteiger partial charge in [0.1, 0.15) is 6.10 Å². The first kappa shape index (κ1) is 22.8. The van der Waals surface area contributed by atoms with Crippen LogP contribution in [0.3, 0.4) is 0 Å². The van der Waals surface area contributed by atoms with E-state index in [9.17, 15) is 9.90 Å². The summed E-state index contributed by atoms with van der Waals surface area (Å²) in [5.74, 6) is 0.0131. The number of benzene rings is 1. The van der Waals surface area contributed by atoms with E-state index in [4.69, 9.17) is 4.74 Å². The summed E-state index contributed by atoms with van der Waals surface area (Å²) < 4.78 is 5.85. The lowest BCUT2D eigenvalue weighted by Crippen LogP contribution is -2.55. The van der Waals surface area contributed by atoms with Gasteiger partial charge in [0.05, 0.1) is 12.0 Å². The molecule has 0 spiro atoms. The molecule has 6 atom stereocenters. The minimum atomic E-state index is -0.515. The third kappa shape index (κ3) is 4.31. The zero-order chi connectivity index (χ0) is 23.0. The summed E-state index contributed by atoms with van der Waals surface area (Å²) >= 11 is 0. The van der Waals surface area contributed by atoms with E-state index in [1.807, 2.05) is 6.07 Å². The van der Waals surface area contributed by atoms with Crippen molar-refractivity contribution in [3.05, 3.63) is 53.6 Å². The van der Waals surface area contributed by atoms with Crippen LogP contribution in [0.25, 0.3) is 6.08 Å². The first-order valence-corrected chi connectivity index (χ1v) is 12.7. The predicted octanol–water partition coefficient (Wildman–Crippen LogP) is 3.60. The third-order valence-corrected chi connectivity index (χ3v) is 8.96. The summed E-state index contributed by atoms with van der Waals surface area (Å²) in [6.45, 7) is 10.0. The highest BCUT2D eigenvalue weighted by molar-refractivity contribution is 5.76. The lowest BCUT2D eigenvalue weighted by atomic mass is 9.55. The predicted molar refractivity (Wildman–Crippen MR) is 130 cm³/mol. The average Bonchev–Trinajstić information content (AvgIpc) is 3.13. The molecule has 0 aromatic heterocycles. The molecule has 2 heterocycles. The smallest absolute Gasteiger partial charge is 0.311 e. The van der Waals surface area contributed by atoms with Crippen molar-refractivity contribution in [2.24, 2.45) is 23.2 Å². The fraction of sp³-hybridized carbons (Fsp3) is 0.607. The number of carbonyl (C=O) groups is 1. The molecule has 178 valence electrons. The van der Waals surface area contributed by atoms with Crippen molar-refractivity contribution in [3.8, 4) is 0 Å². The van der Waals surface area contributed by atoms with Gasteiger partial charge < -0.3 is 9.84 Å². The second kappa shape index (κ2) is 9.36. The Bertz CT molecular complexity index is 905. The Morgan fingerprint density at radius 3 is 2.64 bits per heavy atom. The molecular formula is C28H38N2O3. The van der Waals surface area contributed by atoms with E-state index in [-0.39, 0.29) is 29.3 Å². The molecule has 2 aliphatic carbocycles. The third-order valence-electron chi connectivity index (χ3n) is 8.96. The van der Waals surface area contributed by atoms with E-state index < -0.39 is 6.10 Å². The number of ether oxygens (including phenoxy) is 1. The van der Waals surface area contributed by atoms with Gasteiger partial charge in [0.15, 0.2) is 0 Å². The SMILES string of the molecule is C[C@@H]1CCC=C2C[C@H]3OC(=O)[C@@H](CN4CCN(CC=Cc5ccccc5)CC4)[C@@H]3[C@H](O)[C@@]21C. The Balaban J connectivity index is 1.18. The minimum Gasteiger partial charge on any atom is -0.461 e. The number of carbonyl (C=O) groups excluding carboxylic acids is 1. The molecule has 4 aliphatic rings. The largest absolute Gasteiger partial charge is 0.461 e. The van der Waals surface area contributed by atoms with E-state index >= 15 is 0 Å². The molecule has 3 fully saturated rings. The molecule has 5 rings (SSSR count). The summed E-state index contributed by atoms with van der Waals surface area (Å²) in [6, 6.07) is 10.4. The van der Waals surface area contributed by atoms with Gasteiger partial charge in [-0.1, -0.05) is 68.0 Å². The standard InChI is InChI=1S/C28H38N2O3/c1-20-8-6-12-22-18-24-25(26(31)28(20,22)2)23(27(32)33-24)19-30-16-14-29(15-17-30)13-7-11-21-9-4-3-5-10-21/h3-5,7,9-12,20,23-26,31H,6,8,13-19H2,1-2H3/t20-,23+,24-,25+,26+,28-/m1/s1. The van der Waals surface area contributed by atoms with Gasteiger partial charge in [0.25, 0.3) is 0 Å². The number of allylic oxidation sites excluding steroid dienone is 1. The number of esters is 1. The van der Waals surface area contributed by atoms with Gasteiger partial charge in [-0.2, -0.15) is 0 Å². The molecule has 1 aromatic rings. The normalized spacial score (nSPS) is 37.5. The van der Waals surface area contributed by atoms with E-state index in [1.54, 1.807) is 0 Å². The first-order chi connectivity index (χ1) is 16.0. The van der Waals surface area contributed by atoms with Gasteiger partial charge in [-0.25, -0.2) is 0 Å². The number of nitrogens with zero attached hydrogens (tertiary/aromatic N) is 2. The molecule has 2 saturated heterocycles. The van der Waals surface area contributed by atoms with Crippen LogP contribution in [0.4, 0.5) is 0 Å². The van der Waals surface area contributed by atoms with Gasteiger partial charge in [-0.3, -0.25) is 14.6 Å². The maximum Gasteiger partial charge on any atom is 0.311 e. The topological polar surface area (TPSA) is 53.0 Å². The maximum atomic E-state index is 12.9. The first-order valence-electron chi connectivity index (χ1n) is 12.7. The summed E-state index contributed by atoms with van der Waals surface area (Å²) in [6.07, 6.45) is 9.01. The fourth-order valence-electron chi connectivity index (χ4n) is 6.61. The summed E-state index contributed by atoms with van der Waals surface area (Å²) in [7, 11) is 0. The van der Waals surface area contributed by atoms with Crippen LogP contribution in [0.2, 0.25) is 0 Å². The monoisotopic (exact) mass is 450 g/mol. The molecular weight excluding hydrogens is 412 g/mol. The molecule has 0 unspecified atom stereocenters. The van der Waals surface area contributed by atoms with Crippen LogP contribution in [0.1, 0.15) is 38.7 Å². The Morgan fingerprint density at radius 2 is 1.88 bits per heavy atom. The molecule has 0 amide bonds. The van der Waals surface area contributed by atoms with Crippen LogP contribution < -0.4 is 0 Å². The lowest BCUT2D eigenvalue weighted by molar-refractivity contribution is -0.145. The Kier molecular flexibility index (Phi) is 6.47. The van der Waals surface area contributed by atoms with Crippen LogP contribution in [0.15, 0.2) is 48.1 Å². The second-order valence-electron chi connectivity index (χ2n) is 10.7. The molecule has 33 heavy (non-hydrogen) atoms. The number of hydrogen-bond acceptors (Lipinski definition) is 5. The fourth-order valence-corrected chi connectivity index (χ4v) is 6.61. The number of rotatable bonds is 5. The zero-order valence-electron chi connectivity index (χ0n) is 20.0. The molecule has 1 saturated carbocycles. The van der Waals surface area contributed by atoms with Crippen LogP contribution in [-0.4, -0.2) is 72.4 Å². The quantitative estimate of drug-likeness (QED) is 0.549. The number of aliphatic hydroxyl groups excluding tert-OH is 1. The summed E-state index contributed by atoms with van der Waals surface area (Å²) in [5, 5.41) is 11.5. The number of fused-ring (bicyclic) bond motifs is 2. The van der Waals surface area contributed by atoms with E-state index in [1.165, 1.54) is 11.1 Å². The van der Waals surface area contributed by atoms with E-state index in [0.29, 0.717) is 12.5 Å². The van der Waals surface area contributed by atoms with Crippen molar-refractivity contribution in [3.63, 3.8) is 0 Å². The number of hydrogen-bond donors (Lipinski definition) is 1. The van der Waals surface area contributed by atoms with Gasteiger partial charge >= 0.3 is 5.97 Å². The number of aliphatic hydroxyl groups is 1. The molecule has 1 N–H and O–H groups in total. The second-order valence-corrected chi connectivity index (χ2v) is 10.7. The average molecular weight is 451 g/mol. The summed E-state index contributed by atoms with van der Waals surface area (Å²) in [4.78, 5) is 17.8. The Hall–Kier alpha value is -1.95. The van der Waals surface area contributed by atoms with Crippen molar-refractivity contribution in [2.75, 3.05) is 39.3 Å².